The van der Waals surface area contributed by atoms with E-state index in [9.17, 15) is 19.0 Å². The van der Waals surface area contributed by atoms with Gasteiger partial charge in [0.25, 0.3) is 7.82 Å². The molecule has 0 N–H and O–H groups in total. The molecule has 10 heteroatoms. The Kier molecular flexibility index (Phi) is 53.4. The summed E-state index contributed by atoms with van der Waals surface area (Å²) in [7, 11) is 1.16. The number of phosphoric acid groups is 1. The van der Waals surface area contributed by atoms with E-state index in [0.29, 0.717) is 17.4 Å². The highest BCUT2D eigenvalue weighted by Crippen LogP contribution is 2.38. The van der Waals surface area contributed by atoms with E-state index in [-0.39, 0.29) is 32.0 Å². The van der Waals surface area contributed by atoms with Gasteiger partial charge in [0.15, 0.2) is 6.10 Å². The highest BCUT2D eigenvalue weighted by atomic mass is 31.2. The molecule has 0 aromatic carbocycles. The van der Waals surface area contributed by atoms with Crippen LogP contribution >= 0.6 is 7.82 Å². The Bertz CT molecular complexity index is 1590. The summed E-state index contributed by atoms with van der Waals surface area (Å²) in [6, 6.07) is 0. The van der Waals surface area contributed by atoms with Crippen molar-refractivity contribution < 1.29 is 42.1 Å². The lowest BCUT2D eigenvalue weighted by atomic mass is 10.0. The number of unbranched alkanes of at least 4 members (excludes halogenated alkanes) is 25. The zero-order valence-corrected chi connectivity index (χ0v) is 49.9. The number of hydrogen-bond donors (Lipinski definition) is 0. The van der Waals surface area contributed by atoms with Crippen molar-refractivity contribution in [2.45, 2.75) is 258 Å². The first kappa shape index (κ1) is 71.9. The van der Waals surface area contributed by atoms with E-state index in [0.717, 1.165) is 89.9 Å². The number of carbonyl (C=O) groups excluding carboxylic acids is 2. The van der Waals surface area contributed by atoms with Gasteiger partial charge >= 0.3 is 11.9 Å². The first-order valence-electron chi connectivity index (χ1n) is 30.4. The number of rotatable bonds is 55. The number of nitrogens with zero attached hydrogens (tertiary/aromatic N) is 1. The van der Waals surface area contributed by atoms with Crippen LogP contribution in [0.2, 0.25) is 0 Å². The van der Waals surface area contributed by atoms with Gasteiger partial charge in [-0.3, -0.25) is 14.2 Å². The second-order valence-corrected chi connectivity index (χ2v) is 22.8. The lowest BCUT2D eigenvalue weighted by molar-refractivity contribution is -0.870. The van der Waals surface area contributed by atoms with Gasteiger partial charge in [0.2, 0.25) is 0 Å². The molecule has 0 aromatic rings. The third-order valence-electron chi connectivity index (χ3n) is 12.9. The molecular formula is C65H114NO8P. The predicted octanol–water partition coefficient (Wildman–Crippen LogP) is 18.6. The zero-order chi connectivity index (χ0) is 54.9. The van der Waals surface area contributed by atoms with Crippen LogP contribution in [-0.2, 0) is 32.7 Å². The van der Waals surface area contributed by atoms with Crippen molar-refractivity contribution in [3.05, 3.63) is 97.2 Å². The molecule has 0 saturated heterocycles. The summed E-state index contributed by atoms with van der Waals surface area (Å²) < 4.78 is 34.1. The van der Waals surface area contributed by atoms with Crippen LogP contribution in [-0.4, -0.2) is 70.0 Å². The van der Waals surface area contributed by atoms with Crippen LogP contribution in [0.5, 0.6) is 0 Å². The van der Waals surface area contributed by atoms with Crippen molar-refractivity contribution in [3.8, 4) is 0 Å². The zero-order valence-electron chi connectivity index (χ0n) is 49.0. The van der Waals surface area contributed by atoms with Gasteiger partial charge in [0, 0.05) is 12.8 Å². The average Bonchev–Trinajstić information content (AvgIpc) is 3.37. The summed E-state index contributed by atoms with van der Waals surface area (Å²) in [6.45, 7) is 4.13. The molecule has 0 aromatic heterocycles. The van der Waals surface area contributed by atoms with Crippen LogP contribution in [0, 0.1) is 0 Å². The molecule has 0 aliphatic carbocycles. The van der Waals surface area contributed by atoms with Gasteiger partial charge in [-0.25, -0.2) is 0 Å². The second-order valence-electron chi connectivity index (χ2n) is 21.3. The van der Waals surface area contributed by atoms with Gasteiger partial charge in [-0.2, -0.15) is 0 Å². The van der Waals surface area contributed by atoms with Gasteiger partial charge in [-0.15, -0.1) is 0 Å². The smallest absolute Gasteiger partial charge is 0.306 e. The maximum Gasteiger partial charge on any atom is 0.306 e. The number of carbonyl (C=O) groups is 2. The number of quaternary nitrogens is 1. The Morgan fingerprint density at radius 1 is 0.427 bits per heavy atom. The first-order chi connectivity index (χ1) is 36.5. The highest BCUT2D eigenvalue weighted by molar-refractivity contribution is 7.45. The molecule has 0 radical (unpaired) electrons. The fourth-order valence-electron chi connectivity index (χ4n) is 8.20. The molecule has 2 atom stereocenters. The fourth-order valence-corrected chi connectivity index (χ4v) is 8.93. The molecule has 0 bridgehead atoms. The Morgan fingerprint density at radius 3 is 1.13 bits per heavy atom. The van der Waals surface area contributed by atoms with Crippen LogP contribution < -0.4 is 4.89 Å². The summed E-state index contributed by atoms with van der Waals surface area (Å²) in [6.07, 6.45) is 76.0. The minimum atomic E-state index is -4.64. The van der Waals surface area contributed by atoms with Crippen LogP contribution in [0.1, 0.15) is 251 Å². The molecule has 75 heavy (non-hydrogen) atoms. The van der Waals surface area contributed by atoms with Gasteiger partial charge in [0.1, 0.15) is 19.8 Å². The van der Waals surface area contributed by atoms with Crippen molar-refractivity contribution in [1.82, 2.24) is 0 Å². The SMILES string of the molecule is CC/C=C\C/C=C\C/C=C\C/C=C\C/C=C\C/C=C\C/C=C\C/C=C\CCCCCCCCCCCCCCC(=O)OC(COC(=O)CCCCCCCCCCCCCCCC)COP(=O)([O-])OCC[N+](C)(C)C. The van der Waals surface area contributed by atoms with Gasteiger partial charge < -0.3 is 27.9 Å². The van der Waals surface area contributed by atoms with E-state index in [1.165, 1.54) is 128 Å². The molecular weight excluding hydrogens is 954 g/mol. The standard InChI is InChI=1S/C65H114NO8P/c1-6-8-10-12-14-16-18-20-22-23-24-25-26-27-28-29-30-31-32-33-34-35-36-37-38-39-40-41-42-43-44-46-48-50-52-54-56-58-65(68)74-63(62-73-75(69,70)72-60-59-66(3,4)5)61-71-64(67)57-55-53-51-49-47-45-21-19-17-15-13-11-9-7-2/h8,10,14,16,20,22,24-25,27-28,30-31,33-34,36-37,63H,6-7,9,11-13,15,17-19,21,23,26,29,32,35,38-62H2,1-5H3/b10-8-,16-14-,22-20-,25-24-,28-27-,31-30-,34-33-,37-36-. The van der Waals surface area contributed by atoms with Crippen LogP contribution in [0.25, 0.3) is 0 Å². The van der Waals surface area contributed by atoms with Crippen LogP contribution in [0.4, 0.5) is 0 Å². The quantitative estimate of drug-likeness (QED) is 0.0195. The monoisotopic (exact) mass is 1070 g/mol. The Balaban J connectivity index is 4.06. The number of ether oxygens (including phenoxy) is 2. The minimum absolute atomic E-state index is 0.0330. The van der Waals surface area contributed by atoms with Gasteiger partial charge in [0.05, 0.1) is 27.7 Å². The van der Waals surface area contributed by atoms with Crippen molar-refractivity contribution >= 4 is 19.8 Å². The van der Waals surface area contributed by atoms with Crippen LogP contribution in [0.15, 0.2) is 97.2 Å². The number of likely N-dealkylation sites (N-methyl/N-ethyl adjacent to an activating group) is 1. The molecule has 0 rings (SSSR count). The average molecular weight is 1070 g/mol. The van der Waals surface area contributed by atoms with Gasteiger partial charge in [-0.1, -0.05) is 259 Å². The Morgan fingerprint density at radius 2 is 0.760 bits per heavy atom. The van der Waals surface area contributed by atoms with E-state index in [4.69, 9.17) is 18.5 Å². The molecule has 432 valence electrons. The Labute approximate surface area is 462 Å². The van der Waals surface area contributed by atoms with E-state index < -0.39 is 26.5 Å². The number of esters is 2. The Hall–Kier alpha value is -3.07. The third kappa shape index (κ3) is 60.0. The molecule has 9 nitrogen and oxygen atoms in total. The molecule has 0 amide bonds. The molecule has 0 spiro atoms. The summed E-state index contributed by atoms with van der Waals surface area (Å²) in [5.41, 5.74) is 0. The molecule has 0 saturated carbocycles. The van der Waals surface area contributed by atoms with E-state index in [1.54, 1.807) is 0 Å². The molecule has 0 heterocycles. The normalized spacial score (nSPS) is 13.9. The maximum absolute atomic E-state index is 12.8. The largest absolute Gasteiger partial charge is 0.756 e. The lowest BCUT2D eigenvalue weighted by Gasteiger charge is -2.28. The summed E-state index contributed by atoms with van der Waals surface area (Å²) in [5.74, 6) is -0.832. The van der Waals surface area contributed by atoms with Crippen molar-refractivity contribution in [2.75, 3.05) is 47.5 Å². The van der Waals surface area contributed by atoms with E-state index >= 15 is 0 Å². The molecule has 0 aliphatic rings. The highest BCUT2D eigenvalue weighted by Gasteiger charge is 2.22. The molecule has 0 fully saturated rings. The lowest BCUT2D eigenvalue weighted by Crippen LogP contribution is -2.37. The van der Waals surface area contributed by atoms with E-state index in [2.05, 4.69) is 111 Å². The minimum Gasteiger partial charge on any atom is -0.756 e. The van der Waals surface area contributed by atoms with Crippen molar-refractivity contribution in [3.63, 3.8) is 0 Å². The van der Waals surface area contributed by atoms with Gasteiger partial charge in [-0.05, 0) is 77.0 Å². The predicted molar refractivity (Wildman–Crippen MR) is 319 cm³/mol. The summed E-state index contributed by atoms with van der Waals surface area (Å²) in [4.78, 5) is 37.8. The summed E-state index contributed by atoms with van der Waals surface area (Å²) >= 11 is 0. The maximum atomic E-state index is 12.8. The number of allylic oxidation sites excluding steroid dienone is 16. The number of phosphoric ester groups is 1. The van der Waals surface area contributed by atoms with Crippen molar-refractivity contribution in [2.24, 2.45) is 0 Å². The topological polar surface area (TPSA) is 111 Å². The second kappa shape index (κ2) is 55.7. The third-order valence-corrected chi connectivity index (χ3v) is 13.8. The van der Waals surface area contributed by atoms with E-state index in [1.807, 2.05) is 21.1 Å². The van der Waals surface area contributed by atoms with Crippen molar-refractivity contribution in [1.29, 1.82) is 0 Å². The number of hydrogen-bond acceptors (Lipinski definition) is 8. The molecule has 2 unspecified atom stereocenters. The molecule has 0 aliphatic heterocycles. The first-order valence-corrected chi connectivity index (χ1v) is 31.9. The van der Waals surface area contributed by atoms with Crippen LogP contribution in [0.3, 0.4) is 0 Å². The fraction of sp³-hybridized carbons (Fsp3) is 0.723. The summed E-state index contributed by atoms with van der Waals surface area (Å²) in [5, 5.41) is 0.